The molecule has 0 heterocycles. The van der Waals surface area contributed by atoms with Crippen LogP contribution in [0.4, 0.5) is 5.69 Å². The van der Waals surface area contributed by atoms with Gasteiger partial charge in [0.25, 0.3) is 10.0 Å². The van der Waals surface area contributed by atoms with Crippen LogP contribution in [-0.2, 0) is 26.2 Å². The van der Waals surface area contributed by atoms with Crippen LogP contribution in [0.5, 0.6) is 23.0 Å². The van der Waals surface area contributed by atoms with Gasteiger partial charge in [0.1, 0.15) is 24.1 Å². The Bertz CT molecular complexity index is 1580. The lowest BCUT2D eigenvalue weighted by atomic mass is 10.1. The highest BCUT2D eigenvalue weighted by atomic mass is 35.5. The van der Waals surface area contributed by atoms with Crippen molar-refractivity contribution in [1.29, 1.82) is 0 Å². The van der Waals surface area contributed by atoms with Crippen molar-refractivity contribution in [2.45, 2.75) is 30.8 Å². The van der Waals surface area contributed by atoms with Crippen LogP contribution in [0.2, 0.25) is 10.0 Å². The maximum absolute atomic E-state index is 14.4. The number of anilines is 1. The van der Waals surface area contributed by atoms with Gasteiger partial charge in [-0.1, -0.05) is 36.2 Å². The summed E-state index contributed by atoms with van der Waals surface area (Å²) in [4.78, 5) is 28.3. The first kappa shape index (κ1) is 34.6. The zero-order valence-electron chi connectivity index (χ0n) is 25.2. The van der Waals surface area contributed by atoms with Gasteiger partial charge in [0.15, 0.2) is 11.5 Å². The number of rotatable bonds is 14. The Morgan fingerprint density at radius 3 is 2.02 bits per heavy atom. The van der Waals surface area contributed by atoms with Crippen LogP contribution >= 0.6 is 23.2 Å². The van der Waals surface area contributed by atoms with E-state index in [9.17, 15) is 18.0 Å². The lowest BCUT2D eigenvalue weighted by Gasteiger charge is -2.33. The van der Waals surface area contributed by atoms with Gasteiger partial charge in [-0.2, -0.15) is 0 Å². The summed E-state index contributed by atoms with van der Waals surface area (Å²) >= 11 is 12.9. The maximum atomic E-state index is 14.4. The first-order chi connectivity index (χ1) is 21.0. The van der Waals surface area contributed by atoms with E-state index in [1.807, 2.05) is 0 Å². The van der Waals surface area contributed by atoms with Crippen LogP contribution in [0.3, 0.4) is 0 Å². The molecule has 0 bridgehead atoms. The highest BCUT2D eigenvalue weighted by Crippen LogP contribution is 2.38. The van der Waals surface area contributed by atoms with Crippen LogP contribution in [0.25, 0.3) is 0 Å². The largest absolute Gasteiger partial charge is 0.497 e. The lowest BCUT2D eigenvalue weighted by Crippen LogP contribution is -2.51. The van der Waals surface area contributed by atoms with Gasteiger partial charge in [-0.3, -0.25) is 13.9 Å². The molecule has 0 spiro atoms. The predicted octanol–water partition coefficient (Wildman–Crippen LogP) is 4.78. The van der Waals surface area contributed by atoms with Gasteiger partial charge in [0.2, 0.25) is 11.8 Å². The number of hydrogen-bond donors (Lipinski definition) is 1. The smallest absolute Gasteiger partial charge is 0.265 e. The summed E-state index contributed by atoms with van der Waals surface area (Å²) in [6, 6.07) is 12.5. The molecule has 11 nitrogen and oxygen atoms in total. The second-order valence-electron chi connectivity index (χ2n) is 9.33. The van der Waals surface area contributed by atoms with Crippen LogP contribution in [-0.4, -0.2) is 73.2 Å². The van der Waals surface area contributed by atoms with Gasteiger partial charge in [-0.25, -0.2) is 8.42 Å². The van der Waals surface area contributed by atoms with Crippen molar-refractivity contribution in [2.24, 2.45) is 0 Å². The molecule has 0 fully saturated rings. The average Bonchev–Trinajstić information content (AvgIpc) is 3.03. The molecule has 3 rings (SSSR count). The van der Waals surface area contributed by atoms with Crippen LogP contribution in [0, 0.1) is 0 Å². The maximum Gasteiger partial charge on any atom is 0.265 e. The Balaban J connectivity index is 2.23. The van der Waals surface area contributed by atoms with Gasteiger partial charge >= 0.3 is 0 Å². The molecule has 0 aromatic heterocycles. The first-order valence-corrected chi connectivity index (χ1v) is 15.6. The van der Waals surface area contributed by atoms with E-state index in [1.54, 1.807) is 31.2 Å². The number of hydrogen-bond acceptors (Lipinski definition) is 8. The minimum Gasteiger partial charge on any atom is -0.497 e. The number of sulfonamides is 1. The number of methoxy groups -OCH3 is 4. The first-order valence-electron chi connectivity index (χ1n) is 13.4. The van der Waals surface area contributed by atoms with Crippen molar-refractivity contribution in [2.75, 3.05) is 46.3 Å². The second-order valence-corrected chi connectivity index (χ2v) is 12.0. The number of ether oxygens (including phenoxy) is 4. The fourth-order valence-corrected chi connectivity index (χ4v) is 6.50. The number of likely N-dealkylation sites (N-methyl/N-ethyl adjacent to an activating group) is 1. The number of amides is 2. The molecule has 3 aromatic rings. The van der Waals surface area contributed by atoms with Gasteiger partial charge in [0, 0.05) is 41.3 Å². The molecule has 14 heteroatoms. The fourth-order valence-electron chi connectivity index (χ4n) is 4.55. The Hall–Kier alpha value is -3.87. The van der Waals surface area contributed by atoms with E-state index in [0.717, 1.165) is 4.31 Å². The quantitative estimate of drug-likeness (QED) is 0.261. The predicted molar refractivity (Wildman–Crippen MR) is 169 cm³/mol. The van der Waals surface area contributed by atoms with E-state index in [4.69, 9.17) is 42.1 Å². The summed E-state index contributed by atoms with van der Waals surface area (Å²) in [7, 11) is 2.57. The molecule has 3 aromatic carbocycles. The Morgan fingerprint density at radius 1 is 0.864 bits per heavy atom. The van der Waals surface area contributed by atoms with E-state index in [-0.39, 0.29) is 45.1 Å². The summed E-state index contributed by atoms with van der Waals surface area (Å²) in [6.07, 6.45) is 0.221. The molecule has 1 atom stereocenters. The summed E-state index contributed by atoms with van der Waals surface area (Å²) in [5, 5.41) is 3.14. The standard InChI is InChI=1S/C30H35Cl2N3O8S/c1-7-24(30(37)33-2)34(17-21-22(31)9-8-10-23(21)32)29(36)18-35(25-15-19(40-3)11-13-26(25)41-4)44(38,39)20-12-14-27(42-5)28(16-20)43-6/h8-16,24H,7,17-18H2,1-6H3,(H,33,37)/t24-/m1/s1. The Labute approximate surface area is 267 Å². The third-order valence-electron chi connectivity index (χ3n) is 6.90. The number of carbonyl (C=O) groups excluding carboxylic acids is 2. The molecular weight excluding hydrogens is 633 g/mol. The van der Waals surface area contributed by atoms with Crippen molar-refractivity contribution in [1.82, 2.24) is 10.2 Å². The molecule has 44 heavy (non-hydrogen) atoms. The van der Waals surface area contributed by atoms with Crippen LogP contribution < -0.4 is 28.6 Å². The van der Waals surface area contributed by atoms with Crippen molar-refractivity contribution >= 4 is 50.7 Å². The molecule has 1 N–H and O–H groups in total. The monoisotopic (exact) mass is 667 g/mol. The van der Waals surface area contributed by atoms with Crippen molar-refractivity contribution in [3.05, 3.63) is 70.2 Å². The number of carbonyl (C=O) groups is 2. The van der Waals surface area contributed by atoms with Gasteiger partial charge in [-0.15, -0.1) is 0 Å². The summed E-state index contributed by atoms with van der Waals surface area (Å²) in [5.41, 5.74) is 0.429. The molecular formula is C30H35Cl2N3O8S. The van der Waals surface area contributed by atoms with Gasteiger partial charge in [-0.05, 0) is 42.8 Å². The second kappa shape index (κ2) is 15.2. The zero-order valence-corrected chi connectivity index (χ0v) is 27.5. The Kier molecular flexibility index (Phi) is 12.0. The number of benzene rings is 3. The summed E-state index contributed by atoms with van der Waals surface area (Å²) < 4.78 is 51.1. The topological polar surface area (TPSA) is 124 Å². The molecule has 0 aliphatic carbocycles. The number of halogens is 2. The molecule has 0 saturated heterocycles. The summed E-state index contributed by atoms with van der Waals surface area (Å²) in [6.45, 7) is 0.843. The third kappa shape index (κ3) is 7.43. The van der Waals surface area contributed by atoms with Gasteiger partial charge < -0.3 is 29.2 Å². The van der Waals surface area contributed by atoms with E-state index in [0.29, 0.717) is 17.1 Å². The zero-order chi connectivity index (χ0) is 32.6. The normalized spacial score (nSPS) is 11.7. The molecule has 0 saturated carbocycles. The molecule has 0 radical (unpaired) electrons. The van der Waals surface area contributed by atoms with E-state index < -0.39 is 34.4 Å². The molecule has 0 aliphatic heterocycles. The average molecular weight is 669 g/mol. The highest BCUT2D eigenvalue weighted by molar-refractivity contribution is 7.92. The molecule has 238 valence electrons. The molecule has 0 aliphatic rings. The minimum absolute atomic E-state index is 0.0266. The van der Waals surface area contributed by atoms with Crippen molar-refractivity contribution < 1.29 is 37.0 Å². The fraction of sp³-hybridized carbons (Fsp3) is 0.333. The van der Waals surface area contributed by atoms with Crippen molar-refractivity contribution in [3.63, 3.8) is 0 Å². The third-order valence-corrected chi connectivity index (χ3v) is 9.36. The number of nitrogens with one attached hydrogen (secondary N) is 1. The van der Waals surface area contributed by atoms with Crippen LogP contribution in [0.1, 0.15) is 18.9 Å². The Morgan fingerprint density at radius 2 is 1.48 bits per heavy atom. The SMILES string of the molecule is CC[C@H](C(=O)NC)N(Cc1c(Cl)cccc1Cl)C(=O)CN(c1cc(OC)ccc1OC)S(=O)(=O)c1ccc(OC)c(OC)c1. The number of nitrogens with zero attached hydrogens (tertiary/aromatic N) is 2. The lowest BCUT2D eigenvalue weighted by molar-refractivity contribution is -0.140. The highest BCUT2D eigenvalue weighted by Gasteiger charge is 2.35. The van der Waals surface area contributed by atoms with Gasteiger partial charge in [0.05, 0.1) is 39.0 Å². The van der Waals surface area contributed by atoms with E-state index in [2.05, 4.69) is 5.32 Å². The van der Waals surface area contributed by atoms with E-state index in [1.165, 1.54) is 70.7 Å². The van der Waals surface area contributed by atoms with E-state index >= 15 is 0 Å². The molecule has 0 unspecified atom stereocenters. The summed E-state index contributed by atoms with van der Waals surface area (Å²) in [5.74, 6) is -0.202. The van der Waals surface area contributed by atoms with Crippen molar-refractivity contribution in [3.8, 4) is 23.0 Å². The van der Waals surface area contributed by atoms with Crippen LogP contribution in [0.15, 0.2) is 59.5 Å². The minimum atomic E-state index is -4.48. The molecule has 2 amide bonds.